The minimum absolute atomic E-state index is 0. The van der Waals surface area contributed by atoms with Crippen LogP contribution in [0.5, 0.6) is 0 Å². The Morgan fingerprint density at radius 3 is 2.82 bits per heavy atom. The Kier molecular flexibility index (Phi) is 8.13. The summed E-state index contributed by atoms with van der Waals surface area (Å²) in [4.78, 5) is 11.9. The fourth-order valence-corrected chi connectivity index (χ4v) is 2.95. The molecule has 0 saturated carbocycles. The molecule has 0 radical (unpaired) electrons. The van der Waals surface area contributed by atoms with Crippen molar-refractivity contribution < 1.29 is 0 Å². The monoisotopic (exact) mass is 450 g/mol. The molecule has 0 aliphatic carbocycles. The van der Waals surface area contributed by atoms with Crippen LogP contribution in [-0.2, 0) is 13.1 Å². The zero-order valence-electron chi connectivity index (χ0n) is 12.8. The van der Waals surface area contributed by atoms with E-state index < -0.39 is 0 Å². The van der Waals surface area contributed by atoms with Gasteiger partial charge in [0.1, 0.15) is 5.01 Å². The van der Waals surface area contributed by atoms with Crippen LogP contribution >= 0.6 is 46.9 Å². The summed E-state index contributed by atoms with van der Waals surface area (Å²) in [5, 5.41) is 5.14. The average Bonchev–Trinajstić information content (AvgIpc) is 2.85. The third-order valence-electron chi connectivity index (χ3n) is 2.95. The Labute approximate surface area is 157 Å². The van der Waals surface area contributed by atoms with E-state index in [-0.39, 0.29) is 24.0 Å². The molecular formula is C15H20ClIN4S. The predicted molar refractivity (Wildman–Crippen MR) is 105 cm³/mol. The van der Waals surface area contributed by atoms with Gasteiger partial charge in [0.15, 0.2) is 5.96 Å². The normalized spacial score (nSPS) is 11.0. The standard InChI is InChI=1S/C15H19ClN4S.HI/c1-11-8-18-14(21-11)9-19-15(17-2)20(3)10-12-5-4-6-13(16)7-12;/h4-8H,9-10H2,1-3H3,(H,17,19);1H. The van der Waals surface area contributed by atoms with Gasteiger partial charge in [-0.1, -0.05) is 23.7 Å². The van der Waals surface area contributed by atoms with Crippen LogP contribution in [0.3, 0.4) is 0 Å². The van der Waals surface area contributed by atoms with Crippen LogP contribution in [-0.4, -0.2) is 29.9 Å². The summed E-state index contributed by atoms with van der Waals surface area (Å²) in [6.07, 6.45) is 1.89. The van der Waals surface area contributed by atoms with Gasteiger partial charge in [-0.3, -0.25) is 4.99 Å². The molecule has 1 aromatic carbocycles. The van der Waals surface area contributed by atoms with Crippen molar-refractivity contribution in [3.05, 3.63) is 50.9 Å². The molecule has 0 aliphatic heterocycles. The van der Waals surface area contributed by atoms with Crippen molar-refractivity contribution in [2.24, 2.45) is 4.99 Å². The Morgan fingerprint density at radius 2 is 2.23 bits per heavy atom. The van der Waals surface area contributed by atoms with Gasteiger partial charge in [-0.25, -0.2) is 4.98 Å². The van der Waals surface area contributed by atoms with Crippen LogP contribution in [0.1, 0.15) is 15.4 Å². The van der Waals surface area contributed by atoms with Gasteiger partial charge in [-0.15, -0.1) is 35.3 Å². The van der Waals surface area contributed by atoms with Crippen molar-refractivity contribution in [2.75, 3.05) is 14.1 Å². The second kappa shape index (κ2) is 9.32. The van der Waals surface area contributed by atoms with Crippen LogP contribution in [0.15, 0.2) is 35.5 Å². The highest BCUT2D eigenvalue weighted by Crippen LogP contribution is 2.13. The zero-order valence-corrected chi connectivity index (χ0v) is 16.7. The summed E-state index contributed by atoms with van der Waals surface area (Å²) >= 11 is 7.71. The van der Waals surface area contributed by atoms with Crippen molar-refractivity contribution in [3.63, 3.8) is 0 Å². The number of halogens is 2. The van der Waals surface area contributed by atoms with E-state index in [4.69, 9.17) is 11.6 Å². The van der Waals surface area contributed by atoms with Crippen molar-refractivity contribution in [2.45, 2.75) is 20.0 Å². The zero-order chi connectivity index (χ0) is 15.2. The average molecular weight is 451 g/mol. The topological polar surface area (TPSA) is 40.5 Å². The molecule has 2 aromatic rings. The molecule has 1 N–H and O–H groups in total. The molecule has 0 saturated heterocycles. The van der Waals surface area contributed by atoms with Gasteiger partial charge in [-0.2, -0.15) is 0 Å². The third-order valence-corrected chi connectivity index (χ3v) is 4.10. The first-order chi connectivity index (χ1) is 10.1. The van der Waals surface area contributed by atoms with E-state index in [1.165, 1.54) is 4.88 Å². The lowest BCUT2D eigenvalue weighted by Crippen LogP contribution is -2.38. The highest BCUT2D eigenvalue weighted by molar-refractivity contribution is 14.0. The van der Waals surface area contributed by atoms with Crippen molar-refractivity contribution in [1.29, 1.82) is 0 Å². The van der Waals surface area contributed by atoms with Gasteiger partial charge in [0.25, 0.3) is 0 Å². The van der Waals surface area contributed by atoms with Gasteiger partial charge >= 0.3 is 0 Å². The second-order valence-electron chi connectivity index (χ2n) is 4.75. The van der Waals surface area contributed by atoms with Crippen molar-refractivity contribution >= 4 is 52.9 Å². The molecule has 0 fully saturated rings. The molecule has 0 spiro atoms. The molecular weight excluding hydrogens is 431 g/mol. The van der Waals surface area contributed by atoms with E-state index in [1.54, 1.807) is 18.4 Å². The number of hydrogen-bond acceptors (Lipinski definition) is 3. The van der Waals surface area contributed by atoms with Crippen LogP contribution < -0.4 is 5.32 Å². The number of rotatable bonds is 4. The number of aryl methyl sites for hydroxylation is 1. The fourth-order valence-electron chi connectivity index (χ4n) is 2.01. The Morgan fingerprint density at radius 1 is 1.45 bits per heavy atom. The molecule has 1 aromatic heterocycles. The maximum atomic E-state index is 6.01. The summed E-state index contributed by atoms with van der Waals surface area (Å²) in [6.45, 7) is 3.49. The minimum Gasteiger partial charge on any atom is -0.350 e. The molecule has 22 heavy (non-hydrogen) atoms. The van der Waals surface area contributed by atoms with Crippen LogP contribution in [0, 0.1) is 6.92 Å². The summed E-state index contributed by atoms with van der Waals surface area (Å²) in [5.74, 6) is 0.836. The molecule has 0 aliphatic rings. The van der Waals surface area contributed by atoms with Gasteiger partial charge in [-0.05, 0) is 24.6 Å². The van der Waals surface area contributed by atoms with E-state index in [1.807, 2.05) is 31.4 Å². The quantitative estimate of drug-likeness (QED) is 0.436. The first-order valence-electron chi connectivity index (χ1n) is 6.66. The lowest BCUT2D eigenvalue weighted by molar-refractivity contribution is 0.476. The molecule has 0 bridgehead atoms. The third kappa shape index (κ3) is 5.73. The predicted octanol–water partition coefficient (Wildman–Crippen LogP) is 3.93. The van der Waals surface area contributed by atoms with Crippen LogP contribution in [0.25, 0.3) is 0 Å². The lowest BCUT2D eigenvalue weighted by atomic mass is 10.2. The molecule has 4 nitrogen and oxygen atoms in total. The van der Waals surface area contributed by atoms with Crippen LogP contribution in [0.2, 0.25) is 5.02 Å². The van der Waals surface area contributed by atoms with Crippen molar-refractivity contribution in [1.82, 2.24) is 15.2 Å². The highest BCUT2D eigenvalue weighted by atomic mass is 127. The van der Waals surface area contributed by atoms with E-state index in [2.05, 4.69) is 33.2 Å². The number of aliphatic imine (C=N–C) groups is 1. The smallest absolute Gasteiger partial charge is 0.194 e. The first kappa shape index (κ1) is 19.2. The summed E-state index contributed by atoms with van der Waals surface area (Å²) in [7, 11) is 3.78. The summed E-state index contributed by atoms with van der Waals surface area (Å²) in [6, 6.07) is 7.86. The molecule has 7 heteroatoms. The van der Waals surface area contributed by atoms with Gasteiger partial charge in [0.05, 0.1) is 6.54 Å². The number of guanidine groups is 1. The summed E-state index contributed by atoms with van der Waals surface area (Å²) < 4.78 is 0. The lowest BCUT2D eigenvalue weighted by Gasteiger charge is -2.21. The Balaban J connectivity index is 0.00000242. The van der Waals surface area contributed by atoms with E-state index >= 15 is 0 Å². The molecule has 1 heterocycles. The molecule has 2 rings (SSSR count). The SMILES string of the molecule is CN=C(NCc1ncc(C)s1)N(C)Cc1cccc(Cl)c1.I. The molecule has 120 valence electrons. The number of benzene rings is 1. The van der Waals surface area contributed by atoms with Gasteiger partial charge < -0.3 is 10.2 Å². The minimum atomic E-state index is 0. The molecule has 0 atom stereocenters. The summed E-state index contributed by atoms with van der Waals surface area (Å²) in [5.41, 5.74) is 1.15. The van der Waals surface area contributed by atoms with Gasteiger partial charge in [0.2, 0.25) is 0 Å². The molecule has 0 amide bonds. The van der Waals surface area contributed by atoms with Crippen molar-refractivity contribution in [3.8, 4) is 0 Å². The Hall–Kier alpha value is -0.860. The first-order valence-corrected chi connectivity index (χ1v) is 7.85. The highest BCUT2D eigenvalue weighted by Gasteiger charge is 2.08. The largest absolute Gasteiger partial charge is 0.350 e. The number of nitrogens with one attached hydrogen (secondary N) is 1. The van der Waals surface area contributed by atoms with Gasteiger partial charge in [0, 0.05) is 36.7 Å². The number of hydrogen-bond donors (Lipinski definition) is 1. The van der Waals surface area contributed by atoms with E-state index in [9.17, 15) is 0 Å². The maximum absolute atomic E-state index is 6.01. The second-order valence-corrected chi connectivity index (χ2v) is 6.51. The number of nitrogens with zero attached hydrogens (tertiary/aromatic N) is 3. The number of aromatic nitrogens is 1. The molecule has 0 unspecified atom stereocenters. The fraction of sp³-hybridized carbons (Fsp3) is 0.333. The Bertz CT molecular complexity index is 630. The van der Waals surface area contributed by atoms with E-state index in [0.717, 1.165) is 28.1 Å². The maximum Gasteiger partial charge on any atom is 0.194 e. The van der Waals surface area contributed by atoms with Crippen LogP contribution in [0.4, 0.5) is 0 Å². The van der Waals surface area contributed by atoms with E-state index in [0.29, 0.717) is 6.54 Å². The number of thiazole rings is 1.